The van der Waals surface area contributed by atoms with E-state index in [9.17, 15) is 0 Å². The van der Waals surface area contributed by atoms with E-state index in [1.54, 1.807) is 0 Å². The highest BCUT2D eigenvalue weighted by Gasteiger charge is 2.17. The molecule has 1 saturated heterocycles. The maximum absolute atomic E-state index is 5.38. The van der Waals surface area contributed by atoms with Crippen molar-refractivity contribution in [3.05, 3.63) is 0 Å². The first-order valence-electron chi connectivity index (χ1n) is 4.91. The summed E-state index contributed by atoms with van der Waals surface area (Å²) in [7, 11) is 0. The molecule has 1 aliphatic heterocycles. The summed E-state index contributed by atoms with van der Waals surface area (Å²) in [5.41, 5.74) is 2.85. The molecular formula is C9H21N3. The van der Waals surface area contributed by atoms with Gasteiger partial charge in [-0.3, -0.25) is 11.3 Å². The molecule has 0 unspecified atom stereocenters. The van der Waals surface area contributed by atoms with Gasteiger partial charge in [-0.15, -0.1) is 0 Å². The number of nitrogens with one attached hydrogen (secondary N) is 1. The van der Waals surface area contributed by atoms with Crippen LogP contribution < -0.4 is 11.3 Å². The average Bonchev–Trinajstić information content (AvgIpc) is 2.05. The highest BCUT2D eigenvalue weighted by Crippen LogP contribution is 2.10. The van der Waals surface area contributed by atoms with Gasteiger partial charge in [0.05, 0.1) is 0 Å². The molecule has 0 aromatic heterocycles. The zero-order valence-corrected chi connectivity index (χ0v) is 8.21. The normalized spacial score (nSPS) is 22.0. The van der Waals surface area contributed by atoms with E-state index in [-0.39, 0.29) is 0 Å². The molecule has 0 spiro atoms. The summed E-state index contributed by atoms with van der Waals surface area (Å²) in [6.45, 7) is 8.18. The lowest BCUT2D eigenvalue weighted by molar-refractivity contribution is 0.180. The first-order chi connectivity index (χ1) is 5.72. The number of nitrogens with zero attached hydrogens (tertiary/aromatic N) is 1. The number of hydrogen-bond acceptors (Lipinski definition) is 3. The lowest BCUT2D eigenvalue weighted by Gasteiger charge is -2.32. The topological polar surface area (TPSA) is 41.3 Å². The van der Waals surface area contributed by atoms with Gasteiger partial charge < -0.3 is 4.90 Å². The van der Waals surface area contributed by atoms with Crippen LogP contribution in [0.15, 0.2) is 0 Å². The molecule has 1 fully saturated rings. The van der Waals surface area contributed by atoms with E-state index < -0.39 is 0 Å². The maximum Gasteiger partial charge on any atom is 0.0234 e. The molecule has 72 valence electrons. The van der Waals surface area contributed by atoms with Crippen LogP contribution in [0, 0.1) is 5.92 Å². The van der Waals surface area contributed by atoms with Crippen molar-refractivity contribution in [1.82, 2.24) is 10.3 Å². The van der Waals surface area contributed by atoms with Crippen LogP contribution in [0.3, 0.4) is 0 Å². The van der Waals surface area contributed by atoms with Crippen molar-refractivity contribution < 1.29 is 0 Å². The Morgan fingerprint density at radius 1 is 1.42 bits per heavy atom. The quantitative estimate of drug-likeness (QED) is 0.482. The minimum atomic E-state index is 0.549. The Morgan fingerprint density at radius 3 is 2.42 bits per heavy atom. The van der Waals surface area contributed by atoms with Crippen molar-refractivity contribution in [1.29, 1.82) is 0 Å². The van der Waals surface area contributed by atoms with Crippen LogP contribution in [0.4, 0.5) is 0 Å². The molecule has 0 radical (unpaired) electrons. The zero-order valence-electron chi connectivity index (χ0n) is 8.21. The highest BCUT2D eigenvalue weighted by molar-refractivity contribution is 4.75. The molecule has 0 amide bonds. The third-order valence-corrected chi connectivity index (χ3v) is 2.45. The summed E-state index contributed by atoms with van der Waals surface area (Å²) in [4.78, 5) is 2.53. The summed E-state index contributed by atoms with van der Waals surface area (Å²) in [5, 5.41) is 0. The summed E-state index contributed by atoms with van der Waals surface area (Å²) >= 11 is 0. The van der Waals surface area contributed by atoms with Gasteiger partial charge in [0.25, 0.3) is 0 Å². The van der Waals surface area contributed by atoms with E-state index in [2.05, 4.69) is 24.2 Å². The maximum atomic E-state index is 5.38. The number of hydrogen-bond donors (Lipinski definition) is 2. The number of likely N-dealkylation sites (tertiary alicyclic amines) is 1. The second kappa shape index (κ2) is 4.80. The first kappa shape index (κ1) is 9.96. The lowest BCUT2D eigenvalue weighted by Crippen LogP contribution is -2.45. The Morgan fingerprint density at radius 2 is 2.00 bits per heavy atom. The van der Waals surface area contributed by atoms with Gasteiger partial charge in [0, 0.05) is 12.6 Å². The SMILES string of the molecule is CC(C)CN1CCC(NN)CC1. The molecule has 0 aromatic rings. The van der Waals surface area contributed by atoms with Gasteiger partial charge in [0.2, 0.25) is 0 Å². The van der Waals surface area contributed by atoms with E-state index in [4.69, 9.17) is 5.84 Å². The van der Waals surface area contributed by atoms with Crippen LogP contribution >= 0.6 is 0 Å². The summed E-state index contributed by atoms with van der Waals surface area (Å²) in [6.07, 6.45) is 2.40. The van der Waals surface area contributed by atoms with Crippen molar-refractivity contribution in [2.24, 2.45) is 11.8 Å². The Bertz CT molecular complexity index is 117. The van der Waals surface area contributed by atoms with E-state index in [0.717, 1.165) is 5.92 Å². The van der Waals surface area contributed by atoms with E-state index in [0.29, 0.717) is 6.04 Å². The minimum Gasteiger partial charge on any atom is -0.303 e. The fraction of sp³-hybridized carbons (Fsp3) is 1.00. The molecule has 0 bridgehead atoms. The molecule has 1 aliphatic rings. The van der Waals surface area contributed by atoms with Crippen LogP contribution in [-0.2, 0) is 0 Å². The molecule has 1 rings (SSSR count). The molecule has 3 N–H and O–H groups in total. The van der Waals surface area contributed by atoms with Gasteiger partial charge in [-0.05, 0) is 31.8 Å². The predicted molar refractivity (Wildman–Crippen MR) is 51.6 cm³/mol. The number of hydrazine groups is 1. The van der Waals surface area contributed by atoms with Gasteiger partial charge in [0.1, 0.15) is 0 Å². The van der Waals surface area contributed by atoms with Crippen LogP contribution in [0.5, 0.6) is 0 Å². The third-order valence-electron chi connectivity index (χ3n) is 2.45. The summed E-state index contributed by atoms with van der Waals surface area (Å²) in [6, 6.07) is 0.549. The molecule has 12 heavy (non-hydrogen) atoms. The van der Waals surface area contributed by atoms with Gasteiger partial charge in [-0.25, -0.2) is 0 Å². The molecule has 0 aromatic carbocycles. The number of piperidine rings is 1. The van der Waals surface area contributed by atoms with Crippen LogP contribution in [-0.4, -0.2) is 30.6 Å². The first-order valence-corrected chi connectivity index (χ1v) is 4.91. The van der Waals surface area contributed by atoms with Crippen molar-refractivity contribution in [2.45, 2.75) is 32.7 Å². The average molecular weight is 171 g/mol. The fourth-order valence-corrected chi connectivity index (χ4v) is 1.80. The van der Waals surface area contributed by atoms with Crippen molar-refractivity contribution in [2.75, 3.05) is 19.6 Å². The third kappa shape index (κ3) is 3.09. The molecule has 1 heterocycles. The Hall–Kier alpha value is -0.120. The molecule has 0 saturated carbocycles. The second-order valence-electron chi connectivity index (χ2n) is 4.14. The molecule has 0 atom stereocenters. The standard InChI is InChI=1S/C9H21N3/c1-8(2)7-12-5-3-9(11-10)4-6-12/h8-9,11H,3-7,10H2,1-2H3. The zero-order chi connectivity index (χ0) is 8.97. The second-order valence-corrected chi connectivity index (χ2v) is 4.14. The Kier molecular flexibility index (Phi) is 3.98. The molecule has 3 nitrogen and oxygen atoms in total. The number of nitrogens with two attached hydrogens (primary N) is 1. The smallest absolute Gasteiger partial charge is 0.0234 e. The summed E-state index contributed by atoms with van der Waals surface area (Å²) in [5.74, 6) is 6.17. The van der Waals surface area contributed by atoms with E-state index in [1.165, 1.54) is 32.5 Å². The highest BCUT2D eigenvalue weighted by atomic mass is 15.2. The number of rotatable bonds is 3. The van der Waals surface area contributed by atoms with Gasteiger partial charge in [-0.2, -0.15) is 0 Å². The Balaban J connectivity index is 2.17. The van der Waals surface area contributed by atoms with Gasteiger partial charge in [0.15, 0.2) is 0 Å². The molecule has 0 aliphatic carbocycles. The van der Waals surface area contributed by atoms with Crippen LogP contribution in [0.1, 0.15) is 26.7 Å². The fourth-order valence-electron chi connectivity index (χ4n) is 1.80. The largest absolute Gasteiger partial charge is 0.303 e. The van der Waals surface area contributed by atoms with Crippen molar-refractivity contribution >= 4 is 0 Å². The monoisotopic (exact) mass is 171 g/mol. The predicted octanol–water partition coefficient (Wildman–Crippen LogP) is 0.570. The van der Waals surface area contributed by atoms with Gasteiger partial charge in [-0.1, -0.05) is 13.8 Å². The molecular weight excluding hydrogens is 150 g/mol. The van der Waals surface area contributed by atoms with Crippen molar-refractivity contribution in [3.63, 3.8) is 0 Å². The van der Waals surface area contributed by atoms with E-state index >= 15 is 0 Å². The van der Waals surface area contributed by atoms with Gasteiger partial charge >= 0.3 is 0 Å². The lowest BCUT2D eigenvalue weighted by atomic mass is 10.0. The minimum absolute atomic E-state index is 0.549. The van der Waals surface area contributed by atoms with Crippen molar-refractivity contribution in [3.8, 4) is 0 Å². The Labute approximate surface area is 75.3 Å². The van der Waals surface area contributed by atoms with Crippen LogP contribution in [0.2, 0.25) is 0 Å². The summed E-state index contributed by atoms with van der Waals surface area (Å²) < 4.78 is 0. The molecule has 3 heteroatoms. The van der Waals surface area contributed by atoms with E-state index in [1.807, 2.05) is 0 Å². The van der Waals surface area contributed by atoms with Crippen LogP contribution in [0.25, 0.3) is 0 Å².